The van der Waals surface area contributed by atoms with E-state index < -0.39 is 0 Å². The van der Waals surface area contributed by atoms with Crippen LogP contribution < -0.4 is 5.73 Å². The standard InChI is InChI=1S/C14H15N5S/c1-10-9-20-14(17-10)7-12(15)13-8-16-18-19(13)11-5-3-2-4-6-11/h2-6,8-9,12H,7,15H2,1H3. The second kappa shape index (κ2) is 5.52. The minimum Gasteiger partial charge on any atom is -0.322 e. The van der Waals surface area contributed by atoms with Crippen LogP contribution in [0.2, 0.25) is 0 Å². The molecule has 1 aromatic carbocycles. The van der Waals surface area contributed by atoms with Gasteiger partial charge in [0.25, 0.3) is 0 Å². The number of aromatic nitrogens is 4. The maximum Gasteiger partial charge on any atom is 0.0947 e. The third-order valence-corrected chi connectivity index (χ3v) is 4.01. The number of nitrogens with zero attached hydrogens (tertiary/aromatic N) is 4. The predicted octanol–water partition coefficient (Wildman–Crippen LogP) is 2.27. The number of aryl methyl sites for hydroxylation is 1. The van der Waals surface area contributed by atoms with Gasteiger partial charge in [-0.25, -0.2) is 9.67 Å². The van der Waals surface area contributed by atoms with Crippen molar-refractivity contribution in [2.45, 2.75) is 19.4 Å². The lowest BCUT2D eigenvalue weighted by Crippen LogP contribution is -2.17. The second-order valence-electron chi connectivity index (χ2n) is 4.60. The van der Waals surface area contributed by atoms with Gasteiger partial charge in [-0.05, 0) is 19.1 Å². The minimum atomic E-state index is -0.171. The number of hydrogen-bond acceptors (Lipinski definition) is 5. The van der Waals surface area contributed by atoms with Crippen LogP contribution in [0.15, 0.2) is 41.9 Å². The van der Waals surface area contributed by atoms with E-state index in [1.165, 1.54) is 0 Å². The molecule has 3 rings (SSSR count). The van der Waals surface area contributed by atoms with Crippen LogP contribution in [0.1, 0.15) is 22.4 Å². The monoisotopic (exact) mass is 285 g/mol. The predicted molar refractivity (Wildman–Crippen MR) is 78.8 cm³/mol. The molecule has 6 heteroatoms. The molecular weight excluding hydrogens is 270 g/mol. The van der Waals surface area contributed by atoms with E-state index in [2.05, 4.69) is 15.3 Å². The molecule has 0 aliphatic heterocycles. The molecule has 3 aromatic rings. The summed E-state index contributed by atoms with van der Waals surface area (Å²) in [6, 6.07) is 9.71. The van der Waals surface area contributed by atoms with Crippen molar-refractivity contribution in [1.82, 2.24) is 20.0 Å². The first kappa shape index (κ1) is 13.0. The summed E-state index contributed by atoms with van der Waals surface area (Å²) in [4.78, 5) is 4.45. The van der Waals surface area contributed by atoms with E-state index in [-0.39, 0.29) is 6.04 Å². The number of rotatable bonds is 4. The molecule has 5 nitrogen and oxygen atoms in total. The van der Waals surface area contributed by atoms with Gasteiger partial charge in [-0.2, -0.15) is 0 Å². The Kier molecular flexibility index (Phi) is 3.58. The topological polar surface area (TPSA) is 69.6 Å². The summed E-state index contributed by atoms with van der Waals surface area (Å²) in [6.45, 7) is 1.99. The van der Waals surface area contributed by atoms with Crippen LogP contribution in [-0.4, -0.2) is 20.0 Å². The molecule has 0 radical (unpaired) electrons. The fourth-order valence-corrected chi connectivity index (χ4v) is 2.89. The van der Waals surface area contributed by atoms with E-state index >= 15 is 0 Å². The normalized spacial score (nSPS) is 12.5. The second-order valence-corrected chi connectivity index (χ2v) is 5.54. The van der Waals surface area contributed by atoms with Crippen molar-refractivity contribution in [3.05, 3.63) is 58.3 Å². The zero-order chi connectivity index (χ0) is 13.9. The van der Waals surface area contributed by atoms with Gasteiger partial charge in [0.15, 0.2) is 0 Å². The SMILES string of the molecule is Cc1csc(CC(N)c2cnnn2-c2ccccc2)n1. The fourth-order valence-electron chi connectivity index (χ4n) is 2.05. The average Bonchev–Trinajstić information content (AvgIpc) is 3.09. The summed E-state index contributed by atoms with van der Waals surface area (Å²) in [6.07, 6.45) is 2.41. The highest BCUT2D eigenvalue weighted by Gasteiger charge is 2.16. The highest BCUT2D eigenvalue weighted by molar-refractivity contribution is 7.09. The van der Waals surface area contributed by atoms with Crippen LogP contribution in [-0.2, 0) is 6.42 Å². The smallest absolute Gasteiger partial charge is 0.0947 e. The maximum atomic E-state index is 6.28. The van der Waals surface area contributed by atoms with Crippen LogP contribution in [0.4, 0.5) is 0 Å². The fraction of sp³-hybridized carbons (Fsp3) is 0.214. The van der Waals surface area contributed by atoms with Gasteiger partial charge in [0, 0.05) is 17.5 Å². The first-order chi connectivity index (χ1) is 9.74. The molecule has 0 amide bonds. The van der Waals surface area contributed by atoms with E-state index in [1.54, 1.807) is 22.2 Å². The highest BCUT2D eigenvalue weighted by atomic mass is 32.1. The first-order valence-corrected chi connectivity index (χ1v) is 7.24. The van der Waals surface area contributed by atoms with E-state index in [1.807, 2.05) is 42.6 Å². The van der Waals surface area contributed by atoms with Gasteiger partial charge in [0.2, 0.25) is 0 Å². The van der Waals surface area contributed by atoms with Gasteiger partial charge >= 0.3 is 0 Å². The molecule has 0 aliphatic carbocycles. The number of hydrogen-bond donors (Lipinski definition) is 1. The van der Waals surface area contributed by atoms with Crippen LogP contribution >= 0.6 is 11.3 Å². The van der Waals surface area contributed by atoms with Crippen LogP contribution in [0.25, 0.3) is 5.69 Å². The Labute approximate surface area is 121 Å². The Morgan fingerprint density at radius 2 is 2.10 bits per heavy atom. The summed E-state index contributed by atoms with van der Waals surface area (Å²) >= 11 is 1.64. The lowest BCUT2D eigenvalue weighted by atomic mass is 10.1. The molecule has 2 aromatic heterocycles. The van der Waals surface area contributed by atoms with Crippen molar-refractivity contribution in [2.75, 3.05) is 0 Å². The molecule has 0 spiro atoms. The Hall–Kier alpha value is -2.05. The molecule has 2 heterocycles. The molecular formula is C14H15N5S. The molecule has 0 saturated heterocycles. The van der Waals surface area contributed by atoms with Gasteiger partial charge in [-0.15, -0.1) is 16.4 Å². The van der Waals surface area contributed by atoms with Crippen LogP contribution in [0, 0.1) is 6.92 Å². The molecule has 102 valence electrons. The molecule has 20 heavy (non-hydrogen) atoms. The molecule has 0 saturated carbocycles. The van der Waals surface area contributed by atoms with Crippen molar-refractivity contribution < 1.29 is 0 Å². The summed E-state index contributed by atoms with van der Waals surface area (Å²) in [5, 5.41) is 11.2. The van der Waals surface area contributed by atoms with Crippen molar-refractivity contribution in [3.63, 3.8) is 0 Å². The zero-order valence-electron chi connectivity index (χ0n) is 11.1. The van der Waals surface area contributed by atoms with Crippen molar-refractivity contribution in [2.24, 2.45) is 5.73 Å². The Morgan fingerprint density at radius 1 is 1.30 bits per heavy atom. The lowest BCUT2D eigenvalue weighted by molar-refractivity contribution is 0.647. The van der Waals surface area contributed by atoms with Crippen LogP contribution in [0.5, 0.6) is 0 Å². The summed E-state index contributed by atoms with van der Waals surface area (Å²) in [7, 11) is 0. The quantitative estimate of drug-likeness (QED) is 0.798. The van der Waals surface area contributed by atoms with Gasteiger partial charge in [0.05, 0.1) is 28.6 Å². The van der Waals surface area contributed by atoms with Crippen molar-refractivity contribution >= 4 is 11.3 Å². The highest BCUT2D eigenvalue weighted by Crippen LogP contribution is 2.20. The van der Waals surface area contributed by atoms with Crippen LogP contribution in [0.3, 0.4) is 0 Å². The van der Waals surface area contributed by atoms with E-state index in [0.717, 1.165) is 22.1 Å². The lowest BCUT2D eigenvalue weighted by Gasteiger charge is -2.11. The Balaban J connectivity index is 1.86. The molecule has 1 atom stereocenters. The molecule has 0 fully saturated rings. The summed E-state index contributed by atoms with van der Waals surface area (Å²) < 4.78 is 1.78. The largest absolute Gasteiger partial charge is 0.322 e. The van der Waals surface area contributed by atoms with Gasteiger partial charge in [0.1, 0.15) is 0 Å². The molecule has 2 N–H and O–H groups in total. The third kappa shape index (κ3) is 2.61. The van der Waals surface area contributed by atoms with Crippen molar-refractivity contribution in [1.29, 1.82) is 0 Å². The minimum absolute atomic E-state index is 0.171. The molecule has 0 aliphatic rings. The molecule has 0 bridgehead atoms. The van der Waals surface area contributed by atoms with E-state index in [0.29, 0.717) is 6.42 Å². The average molecular weight is 285 g/mol. The number of nitrogens with two attached hydrogens (primary N) is 1. The van der Waals surface area contributed by atoms with Gasteiger partial charge in [-0.3, -0.25) is 0 Å². The van der Waals surface area contributed by atoms with E-state index in [9.17, 15) is 0 Å². The molecule has 1 unspecified atom stereocenters. The Bertz CT molecular complexity index is 688. The summed E-state index contributed by atoms with van der Waals surface area (Å²) in [5.41, 5.74) is 9.18. The number of thiazole rings is 1. The number of benzene rings is 1. The maximum absolute atomic E-state index is 6.28. The van der Waals surface area contributed by atoms with E-state index in [4.69, 9.17) is 5.73 Å². The Morgan fingerprint density at radius 3 is 2.80 bits per heavy atom. The van der Waals surface area contributed by atoms with Gasteiger partial charge in [-0.1, -0.05) is 23.4 Å². The third-order valence-electron chi connectivity index (χ3n) is 3.02. The zero-order valence-corrected chi connectivity index (χ0v) is 11.9. The van der Waals surface area contributed by atoms with Crippen molar-refractivity contribution in [3.8, 4) is 5.69 Å². The first-order valence-electron chi connectivity index (χ1n) is 6.36. The van der Waals surface area contributed by atoms with Gasteiger partial charge < -0.3 is 5.73 Å². The number of para-hydroxylation sites is 1. The summed E-state index contributed by atoms with van der Waals surface area (Å²) in [5.74, 6) is 0.